The number of rotatable bonds is 7. The average Bonchev–Trinajstić information content (AvgIpc) is 2.49. The Bertz CT molecular complexity index is 511. The quantitative estimate of drug-likeness (QED) is 0.840. The van der Waals surface area contributed by atoms with Crippen LogP contribution in [0.25, 0.3) is 0 Å². The fourth-order valence-electron chi connectivity index (χ4n) is 2.02. The molecule has 1 atom stereocenters. The Morgan fingerprint density at radius 3 is 2.60 bits per heavy atom. The Labute approximate surface area is 119 Å². The van der Waals surface area contributed by atoms with Crippen LogP contribution in [0.4, 0.5) is 0 Å². The van der Waals surface area contributed by atoms with Crippen LogP contribution < -0.4 is 4.74 Å². The van der Waals surface area contributed by atoms with Gasteiger partial charge in [0.05, 0.1) is 19.3 Å². The van der Waals surface area contributed by atoms with Crippen molar-refractivity contribution in [2.45, 2.75) is 19.1 Å². The Morgan fingerprint density at radius 2 is 1.85 bits per heavy atom. The standard InChI is InChI=1S/C17H20O3/c1-19-13-14-6-5-9-16(12-14)20-11-10-17(18)15-7-3-2-4-8-15/h2-9,12,17-18H,10-11,13H2,1H3. The highest BCUT2D eigenvalue weighted by Gasteiger charge is 2.07. The molecule has 0 spiro atoms. The molecule has 2 aromatic carbocycles. The van der Waals surface area contributed by atoms with Gasteiger partial charge in [-0.3, -0.25) is 0 Å². The maximum atomic E-state index is 10.0. The van der Waals surface area contributed by atoms with Crippen molar-refractivity contribution in [1.29, 1.82) is 0 Å². The molecule has 3 heteroatoms. The lowest BCUT2D eigenvalue weighted by Crippen LogP contribution is -2.05. The molecule has 0 bridgehead atoms. The Morgan fingerprint density at radius 1 is 1.05 bits per heavy atom. The lowest BCUT2D eigenvalue weighted by atomic mass is 10.1. The molecule has 106 valence electrons. The van der Waals surface area contributed by atoms with E-state index in [1.165, 1.54) is 0 Å². The zero-order valence-corrected chi connectivity index (χ0v) is 11.7. The van der Waals surface area contributed by atoms with Crippen LogP contribution in [0.2, 0.25) is 0 Å². The van der Waals surface area contributed by atoms with Gasteiger partial charge in [0, 0.05) is 13.5 Å². The first-order valence-corrected chi connectivity index (χ1v) is 6.73. The highest BCUT2D eigenvalue weighted by atomic mass is 16.5. The molecule has 20 heavy (non-hydrogen) atoms. The zero-order chi connectivity index (χ0) is 14.2. The summed E-state index contributed by atoms with van der Waals surface area (Å²) in [5.41, 5.74) is 2.00. The van der Waals surface area contributed by atoms with Gasteiger partial charge in [-0.15, -0.1) is 0 Å². The van der Waals surface area contributed by atoms with Crippen LogP contribution in [0, 0.1) is 0 Å². The molecule has 0 radical (unpaired) electrons. The molecular weight excluding hydrogens is 252 g/mol. The molecule has 2 rings (SSSR count). The summed E-state index contributed by atoms with van der Waals surface area (Å²) < 4.78 is 10.8. The minimum Gasteiger partial charge on any atom is -0.493 e. The van der Waals surface area contributed by atoms with E-state index in [1.54, 1.807) is 7.11 Å². The van der Waals surface area contributed by atoms with Crippen LogP contribution in [-0.2, 0) is 11.3 Å². The van der Waals surface area contributed by atoms with Gasteiger partial charge in [0.25, 0.3) is 0 Å². The lowest BCUT2D eigenvalue weighted by Gasteiger charge is -2.12. The van der Waals surface area contributed by atoms with Gasteiger partial charge in [-0.1, -0.05) is 42.5 Å². The summed E-state index contributed by atoms with van der Waals surface area (Å²) in [6, 6.07) is 17.4. The van der Waals surface area contributed by atoms with Crippen LogP contribution >= 0.6 is 0 Å². The van der Waals surface area contributed by atoms with Crippen molar-refractivity contribution in [3.05, 3.63) is 65.7 Å². The Balaban J connectivity index is 1.82. The van der Waals surface area contributed by atoms with Crippen LogP contribution in [0.1, 0.15) is 23.7 Å². The SMILES string of the molecule is COCc1cccc(OCCC(O)c2ccccc2)c1. The van der Waals surface area contributed by atoms with Crippen LogP contribution in [-0.4, -0.2) is 18.8 Å². The molecular formula is C17H20O3. The number of hydrogen-bond donors (Lipinski definition) is 1. The molecule has 0 aliphatic heterocycles. The van der Waals surface area contributed by atoms with Gasteiger partial charge in [0.1, 0.15) is 5.75 Å². The molecule has 0 amide bonds. The predicted molar refractivity (Wildman–Crippen MR) is 78.7 cm³/mol. The number of methoxy groups -OCH3 is 1. The van der Waals surface area contributed by atoms with Crippen LogP contribution in [0.3, 0.4) is 0 Å². The second-order valence-corrected chi connectivity index (χ2v) is 4.64. The summed E-state index contributed by atoms with van der Waals surface area (Å²) in [4.78, 5) is 0. The molecule has 0 saturated heterocycles. The van der Waals surface area contributed by atoms with E-state index < -0.39 is 6.10 Å². The third-order valence-corrected chi connectivity index (χ3v) is 3.05. The van der Waals surface area contributed by atoms with Gasteiger partial charge in [0.15, 0.2) is 0 Å². The third kappa shape index (κ3) is 4.37. The summed E-state index contributed by atoms with van der Waals surface area (Å²) in [6.45, 7) is 1.05. The molecule has 1 N–H and O–H groups in total. The molecule has 3 nitrogen and oxygen atoms in total. The van der Waals surface area contributed by atoms with Gasteiger partial charge in [-0.25, -0.2) is 0 Å². The number of ether oxygens (including phenoxy) is 2. The van der Waals surface area contributed by atoms with Crippen molar-refractivity contribution in [2.75, 3.05) is 13.7 Å². The number of aliphatic hydroxyl groups is 1. The van der Waals surface area contributed by atoms with Gasteiger partial charge in [-0.2, -0.15) is 0 Å². The number of aliphatic hydroxyl groups excluding tert-OH is 1. The van der Waals surface area contributed by atoms with E-state index in [0.717, 1.165) is 16.9 Å². The van der Waals surface area contributed by atoms with E-state index in [2.05, 4.69) is 0 Å². The van der Waals surface area contributed by atoms with E-state index in [4.69, 9.17) is 9.47 Å². The molecule has 0 saturated carbocycles. The van der Waals surface area contributed by atoms with Crippen molar-refractivity contribution in [3.63, 3.8) is 0 Å². The highest BCUT2D eigenvalue weighted by Crippen LogP contribution is 2.18. The van der Waals surface area contributed by atoms with Crippen molar-refractivity contribution in [2.24, 2.45) is 0 Å². The van der Waals surface area contributed by atoms with Gasteiger partial charge in [0.2, 0.25) is 0 Å². The van der Waals surface area contributed by atoms with E-state index >= 15 is 0 Å². The Kier molecular flexibility index (Phi) is 5.59. The summed E-state index contributed by atoms with van der Waals surface area (Å²) in [6.07, 6.45) is 0.0803. The first kappa shape index (κ1) is 14.6. The topological polar surface area (TPSA) is 38.7 Å². The fraction of sp³-hybridized carbons (Fsp3) is 0.294. The maximum Gasteiger partial charge on any atom is 0.119 e. The number of hydrogen-bond acceptors (Lipinski definition) is 3. The fourth-order valence-corrected chi connectivity index (χ4v) is 2.02. The molecule has 1 unspecified atom stereocenters. The van der Waals surface area contributed by atoms with Crippen LogP contribution in [0.15, 0.2) is 54.6 Å². The maximum absolute atomic E-state index is 10.0. The second-order valence-electron chi connectivity index (χ2n) is 4.64. The first-order chi connectivity index (χ1) is 9.79. The molecule has 0 fully saturated rings. The van der Waals surface area contributed by atoms with Gasteiger partial charge in [-0.05, 0) is 23.3 Å². The van der Waals surface area contributed by atoms with Crippen molar-refractivity contribution in [1.82, 2.24) is 0 Å². The molecule has 0 aliphatic rings. The third-order valence-electron chi connectivity index (χ3n) is 3.05. The van der Waals surface area contributed by atoms with E-state index in [1.807, 2.05) is 54.6 Å². The average molecular weight is 272 g/mol. The second kappa shape index (κ2) is 7.68. The van der Waals surface area contributed by atoms with Crippen molar-refractivity contribution < 1.29 is 14.6 Å². The summed E-state index contributed by atoms with van der Waals surface area (Å²) in [5.74, 6) is 0.805. The largest absolute Gasteiger partial charge is 0.493 e. The zero-order valence-electron chi connectivity index (χ0n) is 11.7. The summed E-state index contributed by atoms with van der Waals surface area (Å²) in [5, 5.41) is 10.0. The summed E-state index contributed by atoms with van der Waals surface area (Å²) in [7, 11) is 1.67. The van der Waals surface area contributed by atoms with E-state index in [0.29, 0.717) is 19.6 Å². The first-order valence-electron chi connectivity index (χ1n) is 6.73. The minimum atomic E-state index is -0.488. The monoisotopic (exact) mass is 272 g/mol. The van der Waals surface area contributed by atoms with Crippen molar-refractivity contribution >= 4 is 0 Å². The Hall–Kier alpha value is -1.84. The molecule has 2 aromatic rings. The lowest BCUT2D eigenvalue weighted by molar-refractivity contribution is 0.140. The number of benzene rings is 2. The van der Waals surface area contributed by atoms with Crippen LogP contribution in [0.5, 0.6) is 5.75 Å². The predicted octanol–water partition coefficient (Wildman–Crippen LogP) is 3.34. The highest BCUT2D eigenvalue weighted by molar-refractivity contribution is 5.28. The normalized spacial score (nSPS) is 12.1. The van der Waals surface area contributed by atoms with E-state index in [9.17, 15) is 5.11 Å². The molecule has 0 aliphatic carbocycles. The summed E-state index contributed by atoms with van der Waals surface area (Å²) >= 11 is 0. The molecule has 0 aromatic heterocycles. The minimum absolute atomic E-state index is 0.479. The van der Waals surface area contributed by atoms with Crippen molar-refractivity contribution in [3.8, 4) is 5.75 Å². The van der Waals surface area contributed by atoms with Gasteiger partial charge < -0.3 is 14.6 Å². The van der Waals surface area contributed by atoms with Gasteiger partial charge >= 0.3 is 0 Å². The molecule has 0 heterocycles. The smallest absolute Gasteiger partial charge is 0.119 e. The van der Waals surface area contributed by atoms with E-state index in [-0.39, 0.29) is 0 Å².